The Balaban J connectivity index is 2.33. The van der Waals surface area contributed by atoms with Gasteiger partial charge in [0.25, 0.3) is 10.0 Å². The zero-order chi connectivity index (χ0) is 15.6. The molecule has 0 heterocycles. The molecule has 2 aromatic carbocycles. The molecule has 0 amide bonds. The van der Waals surface area contributed by atoms with Crippen LogP contribution in [0.2, 0.25) is 0 Å². The SMILES string of the molecule is Cc1cccc(S(=O)(=O)Nc2ccc(C(=O)O)c(C)c2)c1. The molecule has 0 aromatic heterocycles. The molecule has 0 spiro atoms. The van der Waals surface area contributed by atoms with Crippen molar-refractivity contribution in [2.24, 2.45) is 0 Å². The van der Waals surface area contributed by atoms with Gasteiger partial charge in [-0.15, -0.1) is 0 Å². The molecule has 0 atom stereocenters. The van der Waals surface area contributed by atoms with Gasteiger partial charge in [0.1, 0.15) is 0 Å². The zero-order valence-electron chi connectivity index (χ0n) is 11.6. The zero-order valence-corrected chi connectivity index (χ0v) is 12.4. The summed E-state index contributed by atoms with van der Waals surface area (Å²) >= 11 is 0. The molecule has 5 nitrogen and oxygen atoms in total. The highest BCUT2D eigenvalue weighted by Crippen LogP contribution is 2.20. The number of hydrogen-bond donors (Lipinski definition) is 2. The summed E-state index contributed by atoms with van der Waals surface area (Å²) in [4.78, 5) is 11.1. The summed E-state index contributed by atoms with van der Waals surface area (Å²) in [6, 6.07) is 10.9. The van der Waals surface area contributed by atoms with Gasteiger partial charge >= 0.3 is 5.97 Å². The van der Waals surface area contributed by atoms with Crippen LogP contribution in [0.4, 0.5) is 5.69 Å². The standard InChI is InChI=1S/C15H15NO4S/c1-10-4-3-5-13(8-10)21(19,20)16-12-6-7-14(15(17)18)11(2)9-12/h3-9,16H,1-2H3,(H,17,18). The quantitative estimate of drug-likeness (QED) is 0.909. The molecule has 0 unspecified atom stereocenters. The average molecular weight is 305 g/mol. The van der Waals surface area contributed by atoms with Crippen molar-refractivity contribution >= 4 is 21.7 Å². The number of benzene rings is 2. The third-order valence-electron chi connectivity index (χ3n) is 3.01. The minimum Gasteiger partial charge on any atom is -0.478 e. The lowest BCUT2D eigenvalue weighted by Gasteiger charge is -2.10. The largest absolute Gasteiger partial charge is 0.478 e. The van der Waals surface area contributed by atoms with Crippen LogP contribution in [0.25, 0.3) is 0 Å². The Kier molecular flexibility index (Phi) is 3.99. The Morgan fingerprint density at radius 3 is 2.38 bits per heavy atom. The highest BCUT2D eigenvalue weighted by atomic mass is 32.2. The molecule has 21 heavy (non-hydrogen) atoms. The Morgan fingerprint density at radius 2 is 1.81 bits per heavy atom. The Morgan fingerprint density at radius 1 is 1.10 bits per heavy atom. The smallest absolute Gasteiger partial charge is 0.335 e. The summed E-state index contributed by atoms with van der Waals surface area (Å²) < 4.78 is 27.0. The van der Waals surface area contributed by atoms with Crippen LogP contribution in [0, 0.1) is 13.8 Å². The van der Waals surface area contributed by atoms with E-state index >= 15 is 0 Å². The molecule has 2 N–H and O–H groups in total. The first-order valence-corrected chi connectivity index (χ1v) is 7.71. The summed E-state index contributed by atoms with van der Waals surface area (Å²) in [5.74, 6) is -1.04. The molecular formula is C15H15NO4S. The molecule has 0 saturated heterocycles. The Hall–Kier alpha value is -2.34. The number of carboxylic acid groups (broad SMARTS) is 1. The van der Waals surface area contributed by atoms with Gasteiger partial charge in [0.15, 0.2) is 0 Å². The van der Waals surface area contributed by atoms with E-state index in [4.69, 9.17) is 5.11 Å². The van der Waals surface area contributed by atoms with Crippen LogP contribution in [-0.4, -0.2) is 19.5 Å². The number of sulfonamides is 1. The van der Waals surface area contributed by atoms with Crippen molar-refractivity contribution in [3.8, 4) is 0 Å². The highest BCUT2D eigenvalue weighted by molar-refractivity contribution is 7.92. The van der Waals surface area contributed by atoms with Crippen LogP contribution in [0.5, 0.6) is 0 Å². The normalized spacial score (nSPS) is 11.1. The van der Waals surface area contributed by atoms with Gasteiger partial charge in [-0.25, -0.2) is 13.2 Å². The predicted molar refractivity (Wildman–Crippen MR) is 80.1 cm³/mol. The van der Waals surface area contributed by atoms with Gasteiger partial charge in [-0.3, -0.25) is 4.72 Å². The maximum Gasteiger partial charge on any atom is 0.335 e. The van der Waals surface area contributed by atoms with E-state index in [-0.39, 0.29) is 10.5 Å². The van der Waals surface area contributed by atoms with E-state index in [9.17, 15) is 13.2 Å². The van der Waals surface area contributed by atoms with E-state index in [0.717, 1.165) is 5.56 Å². The minimum atomic E-state index is -3.68. The van der Waals surface area contributed by atoms with E-state index in [1.54, 1.807) is 19.1 Å². The summed E-state index contributed by atoms with van der Waals surface area (Å²) in [6.07, 6.45) is 0. The number of carbonyl (C=O) groups is 1. The summed E-state index contributed by atoms with van der Waals surface area (Å²) in [6.45, 7) is 3.43. The lowest BCUT2D eigenvalue weighted by molar-refractivity contribution is 0.0696. The number of nitrogens with one attached hydrogen (secondary N) is 1. The molecule has 0 aliphatic rings. The van der Waals surface area contributed by atoms with E-state index < -0.39 is 16.0 Å². The Labute approximate surface area is 123 Å². The van der Waals surface area contributed by atoms with Gasteiger partial charge in [-0.05, 0) is 55.3 Å². The van der Waals surface area contributed by atoms with Crippen molar-refractivity contribution in [3.63, 3.8) is 0 Å². The third kappa shape index (κ3) is 3.41. The van der Waals surface area contributed by atoms with Crippen LogP contribution < -0.4 is 4.72 Å². The van der Waals surface area contributed by atoms with Crippen LogP contribution in [0.1, 0.15) is 21.5 Å². The summed E-state index contributed by atoms with van der Waals surface area (Å²) in [7, 11) is -3.68. The fourth-order valence-electron chi connectivity index (χ4n) is 1.96. The number of carboxylic acids is 1. The first-order valence-electron chi connectivity index (χ1n) is 6.23. The lowest BCUT2D eigenvalue weighted by atomic mass is 10.1. The van der Waals surface area contributed by atoms with Gasteiger partial charge in [0, 0.05) is 5.69 Å². The van der Waals surface area contributed by atoms with Gasteiger partial charge in [0.2, 0.25) is 0 Å². The van der Waals surface area contributed by atoms with Crippen molar-refractivity contribution in [3.05, 3.63) is 59.2 Å². The Bertz CT molecular complexity index is 797. The molecule has 110 valence electrons. The molecule has 0 aliphatic carbocycles. The minimum absolute atomic E-state index is 0.147. The summed E-state index contributed by atoms with van der Waals surface area (Å²) in [5, 5.41) is 8.96. The average Bonchev–Trinajstić information content (AvgIpc) is 2.37. The number of aryl methyl sites for hydroxylation is 2. The number of rotatable bonds is 4. The first-order chi connectivity index (χ1) is 9.79. The van der Waals surface area contributed by atoms with Gasteiger partial charge in [-0.2, -0.15) is 0 Å². The van der Waals surface area contributed by atoms with Crippen molar-refractivity contribution in [1.82, 2.24) is 0 Å². The molecular weight excluding hydrogens is 290 g/mol. The van der Waals surface area contributed by atoms with E-state index in [1.807, 2.05) is 13.0 Å². The molecule has 6 heteroatoms. The third-order valence-corrected chi connectivity index (χ3v) is 4.39. The van der Waals surface area contributed by atoms with Gasteiger partial charge < -0.3 is 5.11 Å². The topological polar surface area (TPSA) is 83.5 Å². The maximum absolute atomic E-state index is 12.3. The number of hydrogen-bond acceptors (Lipinski definition) is 3. The van der Waals surface area contributed by atoms with E-state index in [0.29, 0.717) is 11.3 Å². The fraction of sp³-hybridized carbons (Fsp3) is 0.133. The van der Waals surface area contributed by atoms with Crippen LogP contribution >= 0.6 is 0 Å². The van der Waals surface area contributed by atoms with Crippen molar-refractivity contribution in [1.29, 1.82) is 0 Å². The summed E-state index contributed by atoms with van der Waals surface area (Å²) in [5.41, 5.74) is 1.81. The molecule has 2 aromatic rings. The first kappa shape index (κ1) is 15.1. The predicted octanol–water partition coefficient (Wildman–Crippen LogP) is 2.80. The number of anilines is 1. The second kappa shape index (κ2) is 5.57. The van der Waals surface area contributed by atoms with Crippen molar-refractivity contribution in [2.75, 3.05) is 4.72 Å². The highest BCUT2D eigenvalue weighted by Gasteiger charge is 2.15. The number of aromatic carboxylic acids is 1. The van der Waals surface area contributed by atoms with Gasteiger partial charge in [-0.1, -0.05) is 12.1 Å². The molecule has 0 bridgehead atoms. The van der Waals surface area contributed by atoms with Gasteiger partial charge in [0.05, 0.1) is 10.5 Å². The fourth-order valence-corrected chi connectivity index (χ4v) is 3.12. The van der Waals surface area contributed by atoms with E-state index in [2.05, 4.69) is 4.72 Å². The molecule has 2 rings (SSSR count). The second-order valence-electron chi connectivity index (χ2n) is 4.76. The maximum atomic E-state index is 12.3. The molecule has 0 aliphatic heterocycles. The molecule has 0 radical (unpaired) electrons. The monoisotopic (exact) mass is 305 g/mol. The van der Waals surface area contributed by atoms with Crippen molar-refractivity contribution < 1.29 is 18.3 Å². The van der Waals surface area contributed by atoms with Crippen LogP contribution in [-0.2, 0) is 10.0 Å². The van der Waals surface area contributed by atoms with Crippen molar-refractivity contribution in [2.45, 2.75) is 18.7 Å². The van der Waals surface area contributed by atoms with E-state index in [1.165, 1.54) is 24.3 Å². The molecule has 0 fully saturated rings. The molecule has 0 saturated carbocycles. The van der Waals surface area contributed by atoms with Crippen LogP contribution in [0.3, 0.4) is 0 Å². The second-order valence-corrected chi connectivity index (χ2v) is 6.44. The lowest BCUT2D eigenvalue weighted by Crippen LogP contribution is -2.13. The van der Waals surface area contributed by atoms with Crippen LogP contribution in [0.15, 0.2) is 47.4 Å².